The minimum absolute atomic E-state index is 0.197. The first-order chi connectivity index (χ1) is 12.6. The summed E-state index contributed by atoms with van der Waals surface area (Å²) in [5.74, 6) is -1.71. The molecule has 0 unspecified atom stereocenters. The number of carbonyl (C=O) groups is 1. The van der Waals surface area contributed by atoms with Crippen molar-refractivity contribution in [3.05, 3.63) is 66.0 Å². The van der Waals surface area contributed by atoms with Crippen LogP contribution in [0.4, 0.5) is 8.78 Å². The average molecular weight is 355 g/mol. The first-order valence-electron chi connectivity index (χ1n) is 8.76. The molecule has 26 heavy (non-hydrogen) atoms. The van der Waals surface area contributed by atoms with Crippen LogP contribution >= 0.6 is 0 Å². The van der Waals surface area contributed by atoms with Gasteiger partial charge in [0.25, 0.3) is 5.91 Å². The fraction of sp³-hybridized carbons (Fsp3) is 0.300. The number of halogens is 2. The molecule has 0 radical (unpaired) electrons. The van der Waals surface area contributed by atoms with Gasteiger partial charge in [0.1, 0.15) is 0 Å². The lowest BCUT2D eigenvalue weighted by Crippen LogP contribution is -2.39. The van der Waals surface area contributed by atoms with Crippen LogP contribution in [0.1, 0.15) is 23.2 Å². The highest BCUT2D eigenvalue weighted by Gasteiger charge is 2.24. The molecule has 0 aliphatic carbocycles. The quantitative estimate of drug-likeness (QED) is 0.715. The van der Waals surface area contributed by atoms with Gasteiger partial charge in [0.15, 0.2) is 11.6 Å². The number of hydrogen-bond acceptors (Lipinski definition) is 2. The van der Waals surface area contributed by atoms with Gasteiger partial charge in [-0.05, 0) is 49.1 Å². The van der Waals surface area contributed by atoms with Gasteiger partial charge in [0, 0.05) is 25.2 Å². The van der Waals surface area contributed by atoms with Crippen molar-refractivity contribution in [2.75, 3.05) is 13.1 Å². The SMILES string of the molecule is O=C(c1ccc(F)c(F)c1)N1CCC(Cn2cnc3ccccc32)CC1. The van der Waals surface area contributed by atoms with Crippen LogP contribution in [0.3, 0.4) is 0 Å². The van der Waals surface area contributed by atoms with Gasteiger partial charge >= 0.3 is 0 Å². The second-order valence-corrected chi connectivity index (χ2v) is 6.75. The Bertz CT molecular complexity index is 945. The standard InChI is InChI=1S/C20H19F2N3O/c21-16-6-5-15(11-17(16)22)20(26)24-9-7-14(8-10-24)12-25-13-23-18-3-1-2-4-19(18)25/h1-6,11,13-14H,7-10,12H2. The first kappa shape index (κ1) is 16.7. The molecule has 0 atom stereocenters. The Hall–Kier alpha value is -2.76. The normalized spacial score (nSPS) is 15.5. The number of benzene rings is 2. The van der Waals surface area contributed by atoms with Gasteiger partial charge in [0.05, 0.1) is 17.4 Å². The Balaban J connectivity index is 1.39. The summed E-state index contributed by atoms with van der Waals surface area (Å²) in [5, 5.41) is 0. The highest BCUT2D eigenvalue weighted by molar-refractivity contribution is 5.94. The summed E-state index contributed by atoms with van der Waals surface area (Å²) < 4.78 is 28.6. The van der Waals surface area contributed by atoms with Crippen LogP contribution in [0.5, 0.6) is 0 Å². The van der Waals surface area contributed by atoms with E-state index in [1.807, 2.05) is 24.5 Å². The first-order valence-corrected chi connectivity index (χ1v) is 8.76. The molecule has 134 valence electrons. The van der Waals surface area contributed by atoms with Crippen LogP contribution in [-0.4, -0.2) is 33.4 Å². The number of amides is 1. The zero-order valence-electron chi connectivity index (χ0n) is 14.2. The zero-order valence-corrected chi connectivity index (χ0v) is 14.2. The van der Waals surface area contributed by atoms with E-state index in [1.54, 1.807) is 4.90 Å². The van der Waals surface area contributed by atoms with E-state index in [2.05, 4.69) is 15.6 Å². The summed E-state index contributed by atoms with van der Waals surface area (Å²) in [7, 11) is 0. The van der Waals surface area contributed by atoms with E-state index in [-0.39, 0.29) is 11.5 Å². The van der Waals surface area contributed by atoms with Crippen molar-refractivity contribution in [1.29, 1.82) is 0 Å². The van der Waals surface area contributed by atoms with Crippen molar-refractivity contribution in [1.82, 2.24) is 14.5 Å². The van der Waals surface area contributed by atoms with Crippen molar-refractivity contribution >= 4 is 16.9 Å². The third-order valence-electron chi connectivity index (χ3n) is 5.05. The van der Waals surface area contributed by atoms with E-state index in [4.69, 9.17) is 0 Å². The number of nitrogens with zero attached hydrogens (tertiary/aromatic N) is 3. The maximum absolute atomic E-state index is 13.4. The third-order valence-corrected chi connectivity index (χ3v) is 5.05. The molecular formula is C20H19F2N3O. The highest BCUT2D eigenvalue weighted by atomic mass is 19.2. The minimum atomic E-state index is -0.988. The summed E-state index contributed by atoms with van der Waals surface area (Å²) in [4.78, 5) is 18.6. The van der Waals surface area contributed by atoms with Gasteiger partial charge in [-0.15, -0.1) is 0 Å². The molecule has 1 aliphatic heterocycles. The van der Waals surface area contributed by atoms with Gasteiger partial charge in [-0.2, -0.15) is 0 Å². The van der Waals surface area contributed by atoms with Crippen molar-refractivity contribution in [2.24, 2.45) is 5.92 Å². The molecule has 6 heteroatoms. The number of imidazole rings is 1. The Kier molecular flexibility index (Phi) is 4.41. The molecule has 1 amide bonds. The number of carbonyl (C=O) groups excluding carboxylic acids is 1. The maximum atomic E-state index is 13.4. The van der Waals surface area contributed by atoms with E-state index >= 15 is 0 Å². The van der Waals surface area contributed by atoms with Gasteiger partial charge in [-0.1, -0.05) is 12.1 Å². The number of hydrogen-bond donors (Lipinski definition) is 0. The third kappa shape index (κ3) is 3.19. The van der Waals surface area contributed by atoms with Crippen molar-refractivity contribution in [3.63, 3.8) is 0 Å². The molecular weight excluding hydrogens is 336 g/mol. The highest BCUT2D eigenvalue weighted by Crippen LogP contribution is 2.23. The molecule has 0 bridgehead atoms. The number of fused-ring (bicyclic) bond motifs is 1. The topological polar surface area (TPSA) is 38.1 Å². The summed E-state index contributed by atoms with van der Waals surface area (Å²) in [5.41, 5.74) is 2.30. The van der Waals surface area contributed by atoms with E-state index < -0.39 is 11.6 Å². The van der Waals surface area contributed by atoms with Crippen LogP contribution < -0.4 is 0 Å². The fourth-order valence-corrected chi connectivity index (χ4v) is 3.56. The maximum Gasteiger partial charge on any atom is 0.253 e. The lowest BCUT2D eigenvalue weighted by Gasteiger charge is -2.32. The summed E-state index contributed by atoms with van der Waals surface area (Å²) in [6, 6.07) is 11.3. The lowest BCUT2D eigenvalue weighted by molar-refractivity contribution is 0.0682. The molecule has 4 rings (SSSR count). The van der Waals surface area contributed by atoms with E-state index in [0.717, 1.165) is 42.6 Å². The number of para-hydroxylation sites is 2. The van der Waals surface area contributed by atoms with Gasteiger partial charge in [-0.3, -0.25) is 4.79 Å². The Labute approximate surface area is 150 Å². The van der Waals surface area contributed by atoms with Gasteiger partial charge in [-0.25, -0.2) is 13.8 Å². The predicted octanol–water partition coefficient (Wildman–Crippen LogP) is 3.87. The molecule has 1 aliphatic rings. The van der Waals surface area contributed by atoms with Crippen LogP contribution in [0.2, 0.25) is 0 Å². The molecule has 1 aromatic heterocycles. The van der Waals surface area contributed by atoms with Crippen molar-refractivity contribution in [3.8, 4) is 0 Å². The molecule has 3 aromatic rings. The number of aromatic nitrogens is 2. The molecule has 4 nitrogen and oxygen atoms in total. The van der Waals surface area contributed by atoms with Crippen molar-refractivity contribution < 1.29 is 13.6 Å². The number of rotatable bonds is 3. The van der Waals surface area contributed by atoms with Gasteiger partial charge < -0.3 is 9.47 Å². The molecule has 1 fully saturated rings. The van der Waals surface area contributed by atoms with Crippen molar-refractivity contribution in [2.45, 2.75) is 19.4 Å². The Morgan fingerprint density at radius 3 is 2.62 bits per heavy atom. The second-order valence-electron chi connectivity index (χ2n) is 6.75. The summed E-state index contributed by atoms with van der Waals surface area (Å²) in [6.07, 6.45) is 3.62. The van der Waals surface area contributed by atoms with E-state index in [1.165, 1.54) is 6.07 Å². The van der Waals surface area contributed by atoms with Gasteiger partial charge in [0.2, 0.25) is 0 Å². The fourth-order valence-electron chi connectivity index (χ4n) is 3.56. The zero-order chi connectivity index (χ0) is 18.1. The molecule has 1 saturated heterocycles. The van der Waals surface area contributed by atoms with E-state index in [0.29, 0.717) is 19.0 Å². The predicted molar refractivity (Wildman–Crippen MR) is 94.7 cm³/mol. The average Bonchev–Trinajstić information content (AvgIpc) is 3.07. The molecule has 0 N–H and O–H groups in total. The summed E-state index contributed by atoms with van der Waals surface area (Å²) >= 11 is 0. The van der Waals surface area contributed by atoms with Crippen LogP contribution in [0.15, 0.2) is 48.8 Å². The van der Waals surface area contributed by atoms with Crippen LogP contribution in [0.25, 0.3) is 11.0 Å². The monoisotopic (exact) mass is 355 g/mol. The molecule has 2 aromatic carbocycles. The van der Waals surface area contributed by atoms with E-state index in [9.17, 15) is 13.6 Å². The smallest absolute Gasteiger partial charge is 0.253 e. The number of piperidine rings is 1. The number of likely N-dealkylation sites (tertiary alicyclic amines) is 1. The Morgan fingerprint density at radius 1 is 1.08 bits per heavy atom. The molecule has 0 saturated carbocycles. The molecule has 0 spiro atoms. The summed E-state index contributed by atoms with van der Waals surface area (Å²) in [6.45, 7) is 2.11. The lowest BCUT2D eigenvalue weighted by atomic mass is 9.96. The Morgan fingerprint density at radius 2 is 1.85 bits per heavy atom. The molecule has 2 heterocycles. The van der Waals surface area contributed by atoms with Crippen LogP contribution in [-0.2, 0) is 6.54 Å². The second kappa shape index (κ2) is 6.86. The van der Waals surface area contributed by atoms with Crippen LogP contribution in [0, 0.1) is 17.6 Å². The largest absolute Gasteiger partial charge is 0.339 e. The minimum Gasteiger partial charge on any atom is -0.339 e.